The lowest BCUT2D eigenvalue weighted by atomic mass is 10.1. The molecule has 2 N–H and O–H groups in total. The highest BCUT2D eigenvalue weighted by atomic mass is 16.5. The summed E-state index contributed by atoms with van der Waals surface area (Å²) in [5.41, 5.74) is 8.04. The molecule has 0 aromatic heterocycles. The lowest BCUT2D eigenvalue weighted by Gasteiger charge is -2.32. The van der Waals surface area contributed by atoms with Crippen molar-refractivity contribution in [2.75, 3.05) is 26.2 Å². The third-order valence-electron chi connectivity index (χ3n) is 3.50. The van der Waals surface area contributed by atoms with Crippen molar-refractivity contribution in [1.29, 1.82) is 0 Å². The van der Waals surface area contributed by atoms with E-state index in [0.717, 1.165) is 6.42 Å². The summed E-state index contributed by atoms with van der Waals surface area (Å²) in [6.07, 6.45) is 1.35. The first-order valence-electron chi connectivity index (χ1n) is 6.84. The highest BCUT2D eigenvalue weighted by Crippen LogP contribution is 2.10. The number of carbonyl (C=O) groups is 1. The van der Waals surface area contributed by atoms with Crippen LogP contribution in [0.1, 0.15) is 17.5 Å². The van der Waals surface area contributed by atoms with Crippen LogP contribution in [-0.4, -0.2) is 43.2 Å². The molecule has 1 fully saturated rings. The number of morpholine rings is 1. The normalized spacial score (nSPS) is 19.5. The molecule has 1 unspecified atom stereocenters. The summed E-state index contributed by atoms with van der Waals surface area (Å²) in [6, 6.07) is 8.34. The van der Waals surface area contributed by atoms with E-state index in [2.05, 4.69) is 31.2 Å². The fourth-order valence-corrected chi connectivity index (χ4v) is 2.25. The Morgan fingerprint density at radius 2 is 2.16 bits per heavy atom. The van der Waals surface area contributed by atoms with E-state index in [0.29, 0.717) is 32.7 Å². The molecular formula is C15H22N2O2. The van der Waals surface area contributed by atoms with Crippen molar-refractivity contribution in [2.45, 2.75) is 25.9 Å². The van der Waals surface area contributed by atoms with Crippen molar-refractivity contribution in [3.8, 4) is 0 Å². The summed E-state index contributed by atoms with van der Waals surface area (Å²) in [4.78, 5) is 14.0. The Morgan fingerprint density at radius 1 is 1.42 bits per heavy atom. The van der Waals surface area contributed by atoms with E-state index in [9.17, 15) is 4.79 Å². The summed E-state index contributed by atoms with van der Waals surface area (Å²) in [6.45, 7) is 4.45. The minimum absolute atomic E-state index is 0.00271. The van der Waals surface area contributed by atoms with E-state index in [1.165, 1.54) is 11.1 Å². The summed E-state index contributed by atoms with van der Waals surface area (Å²) >= 11 is 0. The Hall–Kier alpha value is -1.39. The van der Waals surface area contributed by atoms with Crippen molar-refractivity contribution in [3.63, 3.8) is 0 Å². The molecule has 0 radical (unpaired) electrons. The van der Waals surface area contributed by atoms with E-state index in [4.69, 9.17) is 10.5 Å². The standard InChI is InChI=1S/C15H22N2O2/c1-12-2-4-13(5-3-12)6-7-15(18)17-8-9-19-14(10-16)11-17/h2-5,14H,6-11,16H2,1H3. The molecule has 1 aliphatic rings. The van der Waals surface area contributed by atoms with Gasteiger partial charge in [0.2, 0.25) is 5.91 Å². The van der Waals surface area contributed by atoms with E-state index in [1.54, 1.807) is 0 Å². The van der Waals surface area contributed by atoms with Crippen LogP contribution in [0.5, 0.6) is 0 Å². The van der Waals surface area contributed by atoms with Crippen molar-refractivity contribution >= 4 is 5.91 Å². The molecule has 4 nitrogen and oxygen atoms in total. The smallest absolute Gasteiger partial charge is 0.223 e. The maximum absolute atomic E-state index is 12.1. The third-order valence-corrected chi connectivity index (χ3v) is 3.50. The molecule has 1 amide bonds. The average molecular weight is 262 g/mol. The van der Waals surface area contributed by atoms with Crippen LogP contribution in [-0.2, 0) is 16.0 Å². The second-order valence-electron chi connectivity index (χ2n) is 5.05. The van der Waals surface area contributed by atoms with E-state index >= 15 is 0 Å². The molecule has 4 heteroatoms. The molecule has 1 heterocycles. The van der Waals surface area contributed by atoms with Crippen LogP contribution in [0, 0.1) is 6.92 Å². The first kappa shape index (κ1) is 14.0. The highest BCUT2D eigenvalue weighted by molar-refractivity contribution is 5.76. The second kappa shape index (κ2) is 6.68. The van der Waals surface area contributed by atoms with Gasteiger partial charge in [-0.1, -0.05) is 29.8 Å². The average Bonchev–Trinajstić information content (AvgIpc) is 2.46. The maximum Gasteiger partial charge on any atom is 0.223 e. The number of hydrogen-bond donors (Lipinski definition) is 1. The Bertz CT molecular complexity index is 417. The topological polar surface area (TPSA) is 55.6 Å². The van der Waals surface area contributed by atoms with Crippen LogP contribution < -0.4 is 5.73 Å². The van der Waals surface area contributed by atoms with Crippen molar-refractivity contribution in [2.24, 2.45) is 5.73 Å². The van der Waals surface area contributed by atoms with Crippen molar-refractivity contribution in [1.82, 2.24) is 4.90 Å². The largest absolute Gasteiger partial charge is 0.373 e. The van der Waals surface area contributed by atoms with Gasteiger partial charge in [0.25, 0.3) is 0 Å². The predicted octanol–water partition coefficient (Wildman–Crippen LogP) is 1.11. The van der Waals surface area contributed by atoms with Crippen LogP contribution in [0.3, 0.4) is 0 Å². The monoisotopic (exact) mass is 262 g/mol. The summed E-state index contributed by atoms with van der Waals surface area (Å²) < 4.78 is 5.46. The molecule has 104 valence electrons. The number of benzene rings is 1. The minimum Gasteiger partial charge on any atom is -0.373 e. The Morgan fingerprint density at radius 3 is 2.84 bits per heavy atom. The van der Waals surface area contributed by atoms with Gasteiger partial charge in [-0.3, -0.25) is 4.79 Å². The van der Waals surface area contributed by atoms with Gasteiger partial charge < -0.3 is 15.4 Å². The quantitative estimate of drug-likeness (QED) is 0.884. The lowest BCUT2D eigenvalue weighted by Crippen LogP contribution is -2.48. The van der Waals surface area contributed by atoms with Crippen LogP contribution in [0.2, 0.25) is 0 Å². The number of aryl methyl sites for hydroxylation is 2. The first-order chi connectivity index (χ1) is 9.19. The van der Waals surface area contributed by atoms with E-state index in [1.807, 2.05) is 4.90 Å². The molecule has 0 aliphatic carbocycles. The number of hydrogen-bond acceptors (Lipinski definition) is 3. The van der Waals surface area contributed by atoms with Crippen LogP contribution >= 0.6 is 0 Å². The molecule has 1 aromatic carbocycles. The highest BCUT2D eigenvalue weighted by Gasteiger charge is 2.22. The molecule has 1 saturated heterocycles. The number of amides is 1. The van der Waals surface area contributed by atoms with E-state index in [-0.39, 0.29) is 12.0 Å². The van der Waals surface area contributed by atoms with Gasteiger partial charge in [0, 0.05) is 26.1 Å². The van der Waals surface area contributed by atoms with Crippen LogP contribution in [0.25, 0.3) is 0 Å². The number of carbonyl (C=O) groups excluding carboxylic acids is 1. The molecule has 2 rings (SSSR count). The Balaban J connectivity index is 1.82. The van der Waals surface area contributed by atoms with Gasteiger partial charge in [-0.2, -0.15) is 0 Å². The molecular weight excluding hydrogens is 240 g/mol. The molecule has 1 aliphatic heterocycles. The molecule has 0 bridgehead atoms. The Kier molecular flexibility index (Phi) is 4.93. The first-order valence-corrected chi connectivity index (χ1v) is 6.84. The van der Waals surface area contributed by atoms with Gasteiger partial charge in [-0.25, -0.2) is 0 Å². The molecule has 0 spiro atoms. The number of rotatable bonds is 4. The van der Waals surface area contributed by atoms with Crippen molar-refractivity contribution in [3.05, 3.63) is 35.4 Å². The van der Waals surface area contributed by atoms with E-state index < -0.39 is 0 Å². The van der Waals surface area contributed by atoms with Gasteiger partial charge in [0.15, 0.2) is 0 Å². The third kappa shape index (κ3) is 4.04. The minimum atomic E-state index is -0.00271. The van der Waals surface area contributed by atoms with Gasteiger partial charge >= 0.3 is 0 Å². The van der Waals surface area contributed by atoms with Crippen LogP contribution in [0.4, 0.5) is 0 Å². The SMILES string of the molecule is Cc1ccc(CCC(=O)N2CCOC(CN)C2)cc1. The fraction of sp³-hybridized carbons (Fsp3) is 0.533. The zero-order chi connectivity index (χ0) is 13.7. The van der Waals surface area contributed by atoms with Gasteiger partial charge in [-0.05, 0) is 18.9 Å². The zero-order valence-corrected chi connectivity index (χ0v) is 11.5. The molecule has 19 heavy (non-hydrogen) atoms. The number of ether oxygens (including phenoxy) is 1. The number of nitrogens with zero attached hydrogens (tertiary/aromatic N) is 1. The summed E-state index contributed by atoms with van der Waals surface area (Å²) in [5, 5.41) is 0. The van der Waals surface area contributed by atoms with Gasteiger partial charge in [0.05, 0.1) is 12.7 Å². The second-order valence-corrected chi connectivity index (χ2v) is 5.05. The molecule has 0 saturated carbocycles. The number of nitrogens with two attached hydrogens (primary N) is 1. The fourth-order valence-electron chi connectivity index (χ4n) is 2.25. The molecule has 1 atom stereocenters. The maximum atomic E-state index is 12.1. The molecule has 1 aromatic rings. The summed E-state index contributed by atoms with van der Waals surface area (Å²) in [5.74, 6) is 0.197. The van der Waals surface area contributed by atoms with Gasteiger partial charge in [-0.15, -0.1) is 0 Å². The lowest BCUT2D eigenvalue weighted by molar-refractivity contribution is -0.138. The zero-order valence-electron chi connectivity index (χ0n) is 11.5. The van der Waals surface area contributed by atoms with Crippen molar-refractivity contribution < 1.29 is 9.53 Å². The Labute approximate surface area is 114 Å². The summed E-state index contributed by atoms with van der Waals surface area (Å²) in [7, 11) is 0. The van der Waals surface area contributed by atoms with Crippen LogP contribution in [0.15, 0.2) is 24.3 Å². The predicted molar refractivity (Wildman–Crippen MR) is 74.9 cm³/mol. The van der Waals surface area contributed by atoms with Gasteiger partial charge in [0.1, 0.15) is 0 Å².